The van der Waals surface area contributed by atoms with Crippen molar-refractivity contribution >= 4 is 58.2 Å². The molecule has 2 aliphatic heterocycles. The van der Waals surface area contributed by atoms with E-state index in [9.17, 15) is 9.59 Å². The predicted molar refractivity (Wildman–Crippen MR) is 136 cm³/mol. The van der Waals surface area contributed by atoms with Crippen LogP contribution in [0.3, 0.4) is 0 Å². The summed E-state index contributed by atoms with van der Waals surface area (Å²) in [7, 11) is 3.62. The number of ether oxygens (including phenoxy) is 1. The molecule has 172 valence electrons. The minimum Gasteiger partial charge on any atom is -0.497 e. The van der Waals surface area contributed by atoms with Crippen molar-refractivity contribution in [3.63, 3.8) is 0 Å². The van der Waals surface area contributed by atoms with Gasteiger partial charge < -0.3 is 9.64 Å². The Morgan fingerprint density at radius 1 is 1.21 bits per heavy atom. The highest BCUT2D eigenvalue weighted by atomic mass is 35.5. The lowest BCUT2D eigenvalue weighted by atomic mass is 9.80. The van der Waals surface area contributed by atoms with Crippen LogP contribution in [0.1, 0.15) is 44.2 Å². The lowest BCUT2D eigenvalue weighted by molar-refractivity contribution is -0.122. The number of anilines is 2. The summed E-state index contributed by atoms with van der Waals surface area (Å²) in [5.74, 6) is -0.0965. The number of rotatable bonds is 3. The second-order valence-corrected chi connectivity index (χ2v) is 9.86. The molecule has 0 saturated carbocycles. The van der Waals surface area contributed by atoms with Crippen molar-refractivity contribution in [2.24, 2.45) is 0 Å². The third kappa shape index (κ3) is 4.11. The van der Waals surface area contributed by atoms with Crippen molar-refractivity contribution in [2.75, 3.05) is 24.0 Å². The zero-order chi connectivity index (χ0) is 24.1. The Morgan fingerprint density at radius 2 is 1.88 bits per heavy atom. The van der Waals surface area contributed by atoms with Crippen LogP contribution in [0.5, 0.6) is 5.75 Å². The maximum absolute atomic E-state index is 13.3. The van der Waals surface area contributed by atoms with Crippen LogP contribution in [-0.2, 0) is 9.59 Å². The van der Waals surface area contributed by atoms with E-state index in [0.29, 0.717) is 27.9 Å². The van der Waals surface area contributed by atoms with Gasteiger partial charge in [-0.15, -0.1) is 0 Å². The molecule has 0 radical (unpaired) electrons. The van der Waals surface area contributed by atoms with E-state index in [4.69, 9.17) is 28.6 Å². The topological polar surface area (TPSA) is 61.9 Å². The molecule has 1 saturated heterocycles. The van der Waals surface area contributed by atoms with Gasteiger partial charge in [-0.1, -0.05) is 18.5 Å². The molecule has 0 bridgehead atoms. The Hall–Kier alpha value is -2.90. The van der Waals surface area contributed by atoms with Crippen LogP contribution in [0, 0.1) is 0 Å². The van der Waals surface area contributed by atoms with Crippen molar-refractivity contribution in [1.82, 2.24) is 5.32 Å². The minimum absolute atomic E-state index is 0.00348. The van der Waals surface area contributed by atoms with Crippen LogP contribution >= 0.6 is 23.8 Å². The van der Waals surface area contributed by atoms with Crippen molar-refractivity contribution < 1.29 is 14.3 Å². The van der Waals surface area contributed by atoms with Crippen LogP contribution in [-0.4, -0.2) is 36.6 Å². The number of hydrogen-bond acceptors (Lipinski definition) is 5. The Kier molecular flexibility index (Phi) is 5.97. The normalized spacial score (nSPS) is 21.2. The molecule has 2 aromatic rings. The summed E-state index contributed by atoms with van der Waals surface area (Å²) in [5.41, 5.74) is 3.33. The molecule has 0 aromatic heterocycles. The van der Waals surface area contributed by atoms with Gasteiger partial charge in [-0.25, -0.2) is 0 Å². The molecule has 6 nitrogen and oxygen atoms in total. The number of carbonyl (C=O) groups is 2. The van der Waals surface area contributed by atoms with Gasteiger partial charge in [0, 0.05) is 23.3 Å². The molecule has 8 heteroatoms. The number of amides is 2. The zero-order valence-electron chi connectivity index (χ0n) is 19.2. The summed E-state index contributed by atoms with van der Waals surface area (Å²) in [4.78, 5) is 29.6. The average molecular weight is 484 g/mol. The number of methoxy groups -OCH3 is 1. The Labute approximate surface area is 204 Å². The number of nitrogens with one attached hydrogen (secondary N) is 1. The van der Waals surface area contributed by atoms with Gasteiger partial charge >= 0.3 is 0 Å². The number of hydrogen-bond donors (Lipinski definition) is 1. The molecule has 1 N–H and O–H groups in total. The Bertz CT molecular complexity index is 1190. The van der Waals surface area contributed by atoms with Crippen molar-refractivity contribution in [1.29, 1.82) is 0 Å². The standard InChI is InChI=1S/C25H26ClN3O3S/c1-14-13-25(2,3)28(4)21-12-20(26)15(10-18(14)21)11-19-22(30)27-24(33)29(23(19)31)16-6-8-17(32-5)9-7-16/h6-12,14H,13H2,1-5H3,(H,27,30,33)/b19-11+. The third-order valence-corrected chi connectivity index (χ3v) is 7.10. The summed E-state index contributed by atoms with van der Waals surface area (Å²) >= 11 is 11.9. The lowest BCUT2D eigenvalue weighted by Gasteiger charge is -2.45. The number of halogens is 1. The van der Waals surface area contributed by atoms with E-state index < -0.39 is 11.8 Å². The lowest BCUT2D eigenvalue weighted by Crippen LogP contribution is -2.54. The van der Waals surface area contributed by atoms with Gasteiger partial charge in [0.1, 0.15) is 11.3 Å². The van der Waals surface area contributed by atoms with Gasteiger partial charge in [-0.2, -0.15) is 0 Å². The summed E-state index contributed by atoms with van der Waals surface area (Å²) in [6, 6.07) is 10.8. The highest BCUT2D eigenvalue weighted by Gasteiger charge is 2.36. The molecule has 1 fully saturated rings. The van der Waals surface area contributed by atoms with E-state index >= 15 is 0 Å². The zero-order valence-corrected chi connectivity index (χ0v) is 20.8. The van der Waals surface area contributed by atoms with E-state index in [1.807, 2.05) is 12.1 Å². The highest BCUT2D eigenvalue weighted by Crippen LogP contribution is 2.44. The molecule has 1 atom stereocenters. The largest absolute Gasteiger partial charge is 0.497 e. The average Bonchev–Trinajstić information content (AvgIpc) is 2.75. The molecule has 2 heterocycles. The Morgan fingerprint density at radius 3 is 2.52 bits per heavy atom. The van der Waals surface area contributed by atoms with Gasteiger partial charge in [0.2, 0.25) is 0 Å². The fraction of sp³-hybridized carbons (Fsp3) is 0.320. The molecule has 0 spiro atoms. The molecule has 2 amide bonds. The molecule has 0 aliphatic carbocycles. The number of carbonyl (C=O) groups excluding carboxylic acids is 2. The fourth-order valence-corrected chi connectivity index (χ4v) is 4.99. The van der Waals surface area contributed by atoms with Crippen LogP contribution < -0.4 is 19.9 Å². The van der Waals surface area contributed by atoms with Crippen molar-refractivity contribution in [2.45, 2.75) is 38.6 Å². The van der Waals surface area contributed by atoms with Gasteiger partial charge in [0.05, 0.1) is 12.8 Å². The first-order valence-corrected chi connectivity index (χ1v) is 11.4. The predicted octanol–water partition coefficient (Wildman–Crippen LogP) is 4.90. The fourth-order valence-electron chi connectivity index (χ4n) is 4.49. The minimum atomic E-state index is -0.546. The highest BCUT2D eigenvalue weighted by molar-refractivity contribution is 7.80. The number of fused-ring (bicyclic) bond motifs is 1. The van der Waals surface area contributed by atoms with E-state index in [2.05, 4.69) is 38.0 Å². The Balaban J connectivity index is 1.75. The molecule has 2 aliphatic rings. The maximum Gasteiger partial charge on any atom is 0.270 e. The van der Waals surface area contributed by atoms with Crippen LogP contribution in [0.4, 0.5) is 11.4 Å². The SMILES string of the molecule is COc1ccc(N2C(=O)/C(=C/c3cc4c(cc3Cl)N(C)C(C)(C)CC4C)C(=O)NC2=S)cc1. The van der Waals surface area contributed by atoms with Crippen molar-refractivity contribution in [3.05, 3.63) is 58.1 Å². The van der Waals surface area contributed by atoms with Gasteiger partial charge in [-0.05, 0) is 92.0 Å². The van der Waals surface area contributed by atoms with E-state index in [1.54, 1.807) is 37.5 Å². The molecule has 4 rings (SSSR count). The summed E-state index contributed by atoms with van der Waals surface area (Å²) < 4.78 is 5.18. The van der Waals surface area contributed by atoms with Gasteiger partial charge in [-0.3, -0.25) is 19.8 Å². The second kappa shape index (κ2) is 8.47. The molecular formula is C25H26ClN3O3S. The van der Waals surface area contributed by atoms with Crippen molar-refractivity contribution in [3.8, 4) is 5.75 Å². The quantitative estimate of drug-likeness (QED) is 0.382. The first-order valence-electron chi connectivity index (χ1n) is 10.7. The summed E-state index contributed by atoms with van der Waals surface area (Å²) in [5, 5.41) is 3.12. The van der Waals surface area contributed by atoms with Gasteiger partial charge in [0.25, 0.3) is 11.8 Å². The number of benzene rings is 2. The van der Waals surface area contributed by atoms with Crippen LogP contribution in [0.2, 0.25) is 5.02 Å². The first kappa shape index (κ1) is 23.3. The molecular weight excluding hydrogens is 458 g/mol. The molecule has 2 aromatic carbocycles. The summed E-state index contributed by atoms with van der Waals surface area (Å²) in [6.45, 7) is 6.59. The van der Waals surface area contributed by atoms with E-state index in [0.717, 1.165) is 17.7 Å². The van der Waals surface area contributed by atoms with E-state index in [1.165, 1.54) is 4.90 Å². The van der Waals surface area contributed by atoms with Crippen LogP contribution in [0.15, 0.2) is 42.0 Å². The monoisotopic (exact) mass is 483 g/mol. The van der Waals surface area contributed by atoms with Crippen LogP contribution in [0.25, 0.3) is 6.08 Å². The third-order valence-electron chi connectivity index (χ3n) is 6.48. The smallest absolute Gasteiger partial charge is 0.270 e. The number of thiocarbonyl (C=S) groups is 1. The second-order valence-electron chi connectivity index (χ2n) is 9.07. The van der Waals surface area contributed by atoms with Gasteiger partial charge in [0.15, 0.2) is 5.11 Å². The first-order chi connectivity index (χ1) is 15.5. The summed E-state index contributed by atoms with van der Waals surface area (Å²) in [6.07, 6.45) is 2.53. The number of nitrogens with zero attached hydrogens (tertiary/aromatic N) is 2. The van der Waals surface area contributed by atoms with E-state index in [-0.39, 0.29) is 16.2 Å². The maximum atomic E-state index is 13.3. The molecule has 33 heavy (non-hydrogen) atoms. The molecule has 1 unspecified atom stereocenters.